The molecular formula is C16H21NO2S. The van der Waals surface area contributed by atoms with E-state index in [0.717, 1.165) is 25.0 Å². The van der Waals surface area contributed by atoms with E-state index in [1.165, 1.54) is 18.4 Å². The number of carboxylic acids is 1. The average Bonchev–Trinajstić information content (AvgIpc) is 2.49. The van der Waals surface area contributed by atoms with Crippen molar-refractivity contribution in [2.45, 2.75) is 48.9 Å². The van der Waals surface area contributed by atoms with Gasteiger partial charge in [0.1, 0.15) is 6.04 Å². The summed E-state index contributed by atoms with van der Waals surface area (Å²) in [4.78, 5) is 11.3. The van der Waals surface area contributed by atoms with Crippen molar-refractivity contribution in [2.75, 3.05) is 5.75 Å². The molecule has 0 amide bonds. The van der Waals surface area contributed by atoms with E-state index >= 15 is 0 Å². The van der Waals surface area contributed by atoms with Crippen LogP contribution in [0.2, 0.25) is 0 Å². The third kappa shape index (κ3) is 2.59. The second kappa shape index (κ2) is 5.78. The Balaban J connectivity index is 1.89. The molecule has 1 spiro atoms. The molecule has 0 radical (unpaired) electrons. The topological polar surface area (TPSA) is 49.3 Å². The third-order valence-corrected chi connectivity index (χ3v) is 6.10. The maximum absolute atomic E-state index is 11.4. The molecule has 3 unspecified atom stereocenters. The predicted molar refractivity (Wildman–Crippen MR) is 82.0 cm³/mol. The van der Waals surface area contributed by atoms with Gasteiger partial charge in [-0.15, -0.1) is 11.8 Å². The van der Waals surface area contributed by atoms with Crippen LogP contribution < -0.4 is 5.32 Å². The van der Waals surface area contributed by atoms with Gasteiger partial charge in [-0.3, -0.25) is 10.1 Å². The predicted octanol–water partition coefficient (Wildman–Crippen LogP) is 3.22. The van der Waals surface area contributed by atoms with Crippen molar-refractivity contribution < 1.29 is 9.90 Å². The van der Waals surface area contributed by atoms with Gasteiger partial charge in [0.25, 0.3) is 0 Å². The Kier molecular flexibility index (Phi) is 4.03. The molecule has 108 valence electrons. The van der Waals surface area contributed by atoms with Crippen LogP contribution in [0.4, 0.5) is 0 Å². The molecule has 2 aliphatic rings. The van der Waals surface area contributed by atoms with E-state index in [4.69, 9.17) is 0 Å². The Morgan fingerprint density at radius 2 is 2.05 bits per heavy atom. The van der Waals surface area contributed by atoms with E-state index in [-0.39, 0.29) is 10.9 Å². The molecule has 1 heterocycles. The molecular weight excluding hydrogens is 270 g/mol. The lowest BCUT2D eigenvalue weighted by atomic mass is 9.78. The largest absolute Gasteiger partial charge is 0.480 e. The van der Waals surface area contributed by atoms with Gasteiger partial charge in [-0.25, -0.2) is 0 Å². The van der Waals surface area contributed by atoms with Gasteiger partial charge in [0, 0.05) is 5.92 Å². The smallest absolute Gasteiger partial charge is 0.320 e. The van der Waals surface area contributed by atoms with E-state index < -0.39 is 5.97 Å². The summed E-state index contributed by atoms with van der Waals surface area (Å²) >= 11 is 1.94. The van der Waals surface area contributed by atoms with Crippen molar-refractivity contribution in [3.05, 3.63) is 35.9 Å². The van der Waals surface area contributed by atoms with E-state index in [1.54, 1.807) is 0 Å². The van der Waals surface area contributed by atoms with Gasteiger partial charge in [-0.05, 0) is 30.6 Å². The molecule has 2 fully saturated rings. The molecule has 3 nitrogen and oxygen atoms in total. The zero-order valence-electron chi connectivity index (χ0n) is 11.5. The summed E-state index contributed by atoms with van der Waals surface area (Å²) in [6.45, 7) is 0. The van der Waals surface area contributed by atoms with Crippen molar-refractivity contribution in [3.8, 4) is 0 Å². The number of benzene rings is 1. The number of thioether (sulfide) groups is 1. The van der Waals surface area contributed by atoms with Crippen LogP contribution in [0, 0.1) is 0 Å². The van der Waals surface area contributed by atoms with Crippen molar-refractivity contribution in [1.82, 2.24) is 5.32 Å². The minimum atomic E-state index is -0.706. The quantitative estimate of drug-likeness (QED) is 0.878. The molecule has 1 saturated carbocycles. The average molecular weight is 291 g/mol. The van der Waals surface area contributed by atoms with Crippen molar-refractivity contribution in [2.24, 2.45) is 0 Å². The number of aliphatic carboxylic acids is 1. The van der Waals surface area contributed by atoms with Crippen LogP contribution >= 0.6 is 11.8 Å². The lowest BCUT2D eigenvalue weighted by molar-refractivity contribution is -0.140. The number of rotatable bonds is 2. The van der Waals surface area contributed by atoms with Crippen LogP contribution in [0.15, 0.2) is 30.3 Å². The van der Waals surface area contributed by atoms with Gasteiger partial charge in [-0.2, -0.15) is 0 Å². The van der Waals surface area contributed by atoms with Crippen molar-refractivity contribution in [1.29, 1.82) is 0 Å². The fourth-order valence-electron chi connectivity index (χ4n) is 3.56. The Bertz CT molecular complexity index is 475. The summed E-state index contributed by atoms with van der Waals surface area (Å²) < 4.78 is 0. The molecule has 1 aromatic rings. The lowest BCUT2D eigenvalue weighted by Crippen LogP contribution is -2.58. The second-order valence-electron chi connectivity index (χ2n) is 5.77. The lowest BCUT2D eigenvalue weighted by Gasteiger charge is -2.48. The summed E-state index contributed by atoms with van der Waals surface area (Å²) in [5.41, 5.74) is 1.35. The highest BCUT2D eigenvalue weighted by Crippen LogP contribution is 2.49. The van der Waals surface area contributed by atoms with Gasteiger partial charge in [0.05, 0.1) is 4.87 Å². The maximum atomic E-state index is 11.4. The van der Waals surface area contributed by atoms with E-state index in [0.29, 0.717) is 5.92 Å². The summed E-state index contributed by atoms with van der Waals surface area (Å²) in [5, 5.41) is 12.8. The van der Waals surface area contributed by atoms with Gasteiger partial charge >= 0.3 is 5.97 Å². The van der Waals surface area contributed by atoms with Crippen LogP contribution in [0.1, 0.15) is 43.6 Å². The Morgan fingerprint density at radius 3 is 2.80 bits per heavy atom. The third-order valence-electron chi connectivity index (χ3n) is 4.54. The molecule has 0 aromatic heterocycles. The van der Waals surface area contributed by atoms with Crippen LogP contribution in [-0.2, 0) is 4.79 Å². The van der Waals surface area contributed by atoms with Gasteiger partial charge in [0.15, 0.2) is 0 Å². The highest BCUT2D eigenvalue weighted by Gasteiger charge is 2.46. The first-order valence-corrected chi connectivity index (χ1v) is 8.39. The normalized spacial score (nSPS) is 34.0. The van der Waals surface area contributed by atoms with Crippen LogP contribution in [0.25, 0.3) is 0 Å². The zero-order valence-corrected chi connectivity index (χ0v) is 12.4. The monoisotopic (exact) mass is 291 g/mol. The number of nitrogens with one attached hydrogen (secondary N) is 1. The van der Waals surface area contributed by atoms with E-state index in [9.17, 15) is 9.90 Å². The molecule has 3 atom stereocenters. The molecule has 3 rings (SSSR count). The minimum Gasteiger partial charge on any atom is -0.480 e. The van der Waals surface area contributed by atoms with Crippen molar-refractivity contribution in [3.63, 3.8) is 0 Å². The Morgan fingerprint density at radius 1 is 1.25 bits per heavy atom. The first kappa shape index (κ1) is 14.0. The summed E-state index contributed by atoms with van der Waals surface area (Å²) in [7, 11) is 0. The second-order valence-corrected chi connectivity index (χ2v) is 7.20. The molecule has 2 N–H and O–H groups in total. The van der Waals surface area contributed by atoms with Crippen LogP contribution in [0.5, 0.6) is 0 Å². The number of carbonyl (C=O) groups is 1. The number of hydrogen-bond acceptors (Lipinski definition) is 3. The van der Waals surface area contributed by atoms with Crippen LogP contribution in [0.3, 0.4) is 0 Å². The van der Waals surface area contributed by atoms with E-state index in [1.807, 2.05) is 17.8 Å². The summed E-state index contributed by atoms with van der Waals surface area (Å²) in [6, 6.07) is 10.2. The molecule has 1 saturated heterocycles. The number of carboxylic acid groups (broad SMARTS) is 1. The highest BCUT2D eigenvalue weighted by atomic mass is 32.2. The van der Waals surface area contributed by atoms with Gasteiger partial charge < -0.3 is 5.11 Å². The summed E-state index contributed by atoms with van der Waals surface area (Å²) in [6.07, 6.45) is 5.37. The van der Waals surface area contributed by atoms with Crippen molar-refractivity contribution >= 4 is 17.7 Å². The molecule has 1 aliphatic carbocycles. The molecule has 1 aromatic carbocycles. The first-order valence-electron chi connectivity index (χ1n) is 7.41. The first-order chi connectivity index (χ1) is 9.71. The minimum absolute atomic E-state index is 0.0824. The van der Waals surface area contributed by atoms with Gasteiger partial charge in [0.2, 0.25) is 0 Å². The summed E-state index contributed by atoms with van der Waals surface area (Å²) in [5.74, 6) is 0.652. The molecule has 1 aliphatic heterocycles. The maximum Gasteiger partial charge on any atom is 0.320 e. The Labute approximate surface area is 124 Å². The highest BCUT2D eigenvalue weighted by molar-refractivity contribution is 8.00. The van der Waals surface area contributed by atoms with E-state index in [2.05, 4.69) is 29.6 Å². The fourth-order valence-corrected chi connectivity index (χ4v) is 5.25. The zero-order chi connectivity index (χ0) is 14.0. The fraction of sp³-hybridized carbons (Fsp3) is 0.562. The van der Waals surface area contributed by atoms with Gasteiger partial charge in [-0.1, -0.05) is 43.2 Å². The standard InChI is InChI=1S/C16H21NO2S/c18-15(19)14-9-11-20-16(17-14)10-5-4-8-13(16)12-6-2-1-3-7-12/h1-3,6-7,13-14,17H,4-5,8-11H2,(H,18,19). The molecule has 20 heavy (non-hydrogen) atoms. The van der Waals surface area contributed by atoms with Crippen LogP contribution in [-0.4, -0.2) is 27.7 Å². The molecule has 0 bridgehead atoms. The Hall–Kier alpha value is -1.00. The number of hydrogen-bond donors (Lipinski definition) is 2. The molecule has 4 heteroatoms. The SMILES string of the molecule is O=C(O)C1CCSC2(CCCCC2c2ccccc2)N1.